The summed E-state index contributed by atoms with van der Waals surface area (Å²) in [7, 11) is 1.78. The molecule has 150 valence electrons. The topological polar surface area (TPSA) is 89.3 Å². The van der Waals surface area contributed by atoms with Crippen LogP contribution in [0.1, 0.15) is 55.7 Å². The third-order valence-corrected chi connectivity index (χ3v) is 6.40. The van der Waals surface area contributed by atoms with Gasteiger partial charge in [0.2, 0.25) is 0 Å². The summed E-state index contributed by atoms with van der Waals surface area (Å²) in [5.74, 6) is 2.04. The van der Waals surface area contributed by atoms with Gasteiger partial charge in [0.1, 0.15) is 11.6 Å². The molecule has 1 amide bonds. The standard InChI is InChI=1S/C20H25ClN4O3/c1-20(28-2)7-5-12(6-8-20)18-24-23-17-11-15(22-19(26)27)10-13-9-14(21)3-4-16(13)25(17)18/h3-4,9,12,15,22H,5-8,10-11H2,1-2H3,(H,26,27). The molecule has 4 rings (SSSR count). The summed E-state index contributed by atoms with van der Waals surface area (Å²) in [5, 5.41) is 21.4. The predicted octanol–water partition coefficient (Wildman–Crippen LogP) is 3.72. The lowest BCUT2D eigenvalue weighted by Crippen LogP contribution is -2.36. The van der Waals surface area contributed by atoms with E-state index in [9.17, 15) is 9.90 Å². The number of hydrogen-bond acceptors (Lipinski definition) is 4. The number of ether oxygens (including phenoxy) is 1. The van der Waals surface area contributed by atoms with Gasteiger partial charge in [0.25, 0.3) is 0 Å². The Kier molecular flexibility index (Phi) is 5.05. The zero-order valence-corrected chi connectivity index (χ0v) is 16.9. The molecule has 2 N–H and O–H groups in total. The molecular weight excluding hydrogens is 380 g/mol. The summed E-state index contributed by atoms with van der Waals surface area (Å²) < 4.78 is 7.80. The number of amides is 1. The van der Waals surface area contributed by atoms with Crippen molar-refractivity contribution in [1.82, 2.24) is 20.1 Å². The van der Waals surface area contributed by atoms with Crippen molar-refractivity contribution in [3.8, 4) is 5.69 Å². The smallest absolute Gasteiger partial charge is 0.404 e. The Morgan fingerprint density at radius 3 is 2.75 bits per heavy atom. The monoisotopic (exact) mass is 404 g/mol. The number of carboxylic acid groups (broad SMARTS) is 1. The van der Waals surface area contributed by atoms with Gasteiger partial charge in [-0.2, -0.15) is 0 Å². The molecular formula is C20H25ClN4O3. The average molecular weight is 405 g/mol. The van der Waals surface area contributed by atoms with Gasteiger partial charge in [-0.15, -0.1) is 10.2 Å². The van der Waals surface area contributed by atoms with E-state index in [0.717, 1.165) is 48.6 Å². The maximum absolute atomic E-state index is 11.2. The van der Waals surface area contributed by atoms with Crippen molar-refractivity contribution in [3.05, 3.63) is 40.4 Å². The van der Waals surface area contributed by atoms with Gasteiger partial charge in [-0.05, 0) is 62.8 Å². The first kappa shape index (κ1) is 19.2. The molecule has 0 radical (unpaired) electrons. The number of fused-ring (bicyclic) bond motifs is 3. The second kappa shape index (κ2) is 7.37. The lowest BCUT2D eigenvalue weighted by Gasteiger charge is -2.35. The molecule has 2 aromatic rings. The van der Waals surface area contributed by atoms with Gasteiger partial charge in [0.05, 0.1) is 11.3 Å². The van der Waals surface area contributed by atoms with Crippen molar-refractivity contribution in [2.45, 2.75) is 63.0 Å². The fraction of sp³-hybridized carbons (Fsp3) is 0.550. The molecule has 0 saturated heterocycles. The van der Waals surface area contributed by atoms with E-state index >= 15 is 0 Å². The molecule has 1 aromatic heterocycles. The third kappa shape index (κ3) is 3.61. The largest absolute Gasteiger partial charge is 0.465 e. The number of benzene rings is 1. The molecule has 7 nitrogen and oxygen atoms in total. The molecule has 1 saturated carbocycles. The minimum absolute atomic E-state index is 0.0694. The summed E-state index contributed by atoms with van der Waals surface area (Å²) in [6, 6.07) is 5.49. The highest BCUT2D eigenvalue weighted by molar-refractivity contribution is 6.30. The van der Waals surface area contributed by atoms with E-state index in [1.54, 1.807) is 7.11 Å². The Hall–Kier alpha value is -2.12. The quantitative estimate of drug-likeness (QED) is 0.813. The Bertz CT molecular complexity index is 890. The molecule has 8 heteroatoms. The number of nitrogens with zero attached hydrogens (tertiary/aromatic N) is 3. The Morgan fingerprint density at radius 1 is 1.32 bits per heavy atom. The van der Waals surface area contributed by atoms with E-state index in [4.69, 9.17) is 16.3 Å². The summed E-state index contributed by atoms with van der Waals surface area (Å²) >= 11 is 6.23. The number of nitrogens with one attached hydrogen (secondary N) is 1. The first-order valence-electron chi connectivity index (χ1n) is 9.66. The fourth-order valence-electron chi connectivity index (χ4n) is 4.45. The third-order valence-electron chi connectivity index (χ3n) is 6.16. The van der Waals surface area contributed by atoms with Gasteiger partial charge in [-0.1, -0.05) is 11.6 Å². The highest BCUT2D eigenvalue weighted by Crippen LogP contribution is 2.40. The number of aromatic nitrogens is 3. The summed E-state index contributed by atoms with van der Waals surface area (Å²) in [6.45, 7) is 2.16. The van der Waals surface area contributed by atoms with Crippen LogP contribution in [0.25, 0.3) is 5.69 Å². The maximum atomic E-state index is 11.2. The van der Waals surface area contributed by atoms with Crippen LogP contribution >= 0.6 is 11.6 Å². The molecule has 0 bridgehead atoms. The van der Waals surface area contributed by atoms with Crippen molar-refractivity contribution in [2.75, 3.05) is 7.11 Å². The number of halogens is 1. The molecule has 1 aliphatic carbocycles. The SMILES string of the molecule is COC1(C)CCC(c2nnc3n2-c2ccc(Cl)cc2CC(NC(=O)O)C3)CC1. The van der Waals surface area contributed by atoms with E-state index < -0.39 is 6.09 Å². The first-order valence-corrected chi connectivity index (χ1v) is 10.0. The van der Waals surface area contributed by atoms with Crippen LogP contribution < -0.4 is 5.32 Å². The van der Waals surface area contributed by atoms with Gasteiger partial charge in [-0.3, -0.25) is 4.57 Å². The number of hydrogen-bond donors (Lipinski definition) is 2. The summed E-state index contributed by atoms with van der Waals surface area (Å²) in [4.78, 5) is 11.2. The molecule has 1 aromatic carbocycles. The molecule has 1 unspecified atom stereocenters. The van der Waals surface area contributed by atoms with Gasteiger partial charge in [0.15, 0.2) is 0 Å². The molecule has 28 heavy (non-hydrogen) atoms. The van der Waals surface area contributed by atoms with Gasteiger partial charge < -0.3 is 15.2 Å². The van der Waals surface area contributed by atoms with Crippen molar-refractivity contribution in [2.24, 2.45) is 0 Å². The zero-order chi connectivity index (χ0) is 19.9. The number of methoxy groups -OCH3 is 1. The molecule has 1 fully saturated rings. The first-order chi connectivity index (χ1) is 13.4. The Labute approximate surface area is 169 Å². The van der Waals surface area contributed by atoms with Crippen molar-refractivity contribution in [1.29, 1.82) is 0 Å². The van der Waals surface area contributed by atoms with Crippen LogP contribution in [0, 0.1) is 0 Å². The zero-order valence-electron chi connectivity index (χ0n) is 16.1. The van der Waals surface area contributed by atoms with Crippen LogP contribution in [0.15, 0.2) is 18.2 Å². The van der Waals surface area contributed by atoms with E-state index in [2.05, 4.69) is 27.0 Å². The van der Waals surface area contributed by atoms with Crippen LogP contribution in [-0.2, 0) is 17.6 Å². The van der Waals surface area contributed by atoms with Gasteiger partial charge >= 0.3 is 6.09 Å². The van der Waals surface area contributed by atoms with Gasteiger partial charge in [0, 0.05) is 30.5 Å². The normalized spacial score (nSPS) is 26.8. The second-order valence-electron chi connectivity index (χ2n) is 8.07. The molecule has 1 aliphatic heterocycles. The van der Waals surface area contributed by atoms with Crippen LogP contribution in [0.5, 0.6) is 0 Å². The lowest BCUT2D eigenvalue weighted by molar-refractivity contribution is -0.0277. The van der Waals surface area contributed by atoms with Crippen molar-refractivity contribution < 1.29 is 14.6 Å². The minimum Gasteiger partial charge on any atom is -0.465 e. The number of rotatable bonds is 3. The van der Waals surface area contributed by atoms with Gasteiger partial charge in [-0.25, -0.2) is 4.79 Å². The fourth-order valence-corrected chi connectivity index (χ4v) is 4.65. The maximum Gasteiger partial charge on any atom is 0.404 e. The average Bonchev–Trinajstić information content (AvgIpc) is 2.99. The van der Waals surface area contributed by atoms with Crippen LogP contribution in [0.2, 0.25) is 5.02 Å². The number of carbonyl (C=O) groups is 1. The predicted molar refractivity (Wildman–Crippen MR) is 105 cm³/mol. The minimum atomic E-state index is -1.03. The van der Waals surface area contributed by atoms with Crippen LogP contribution in [-0.4, -0.2) is 44.7 Å². The van der Waals surface area contributed by atoms with E-state index in [-0.39, 0.29) is 11.6 Å². The second-order valence-corrected chi connectivity index (χ2v) is 8.50. The highest BCUT2D eigenvalue weighted by Gasteiger charge is 2.35. The van der Waals surface area contributed by atoms with E-state index in [1.807, 2.05) is 18.2 Å². The molecule has 0 spiro atoms. The lowest BCUT2D eigenvalue weighted by atomic mass is 9.79. The van der Waals surface area contributed by atoms with E-state index in [1.165, 1.54) is 0 Å². The van der Waals surface area contributed by atoms with E-state index in [0.29, 0.717) is 23.8 Å². The summed E-state index contributed by atoms with van der Waals surface area (Å²) in [5.41, 5.74) is 1.93. The van der Waals surface area contributed by atoms with Crippen LogP contribution in [0.3, 0.4) is 0 Å². The van der Waals surface area contributed by atoms with Crippen LogP contribution in [0.4, 0.5) is 4.79 Å². The molecule has 2 aliphatic rings. The summed E-state index contributed by atoms with van der Waals surface area (Å²) in [6.07, 6.45) is 3.96. The van der Waals surface area contributed by atoms with Crippen molar-refractivity contribution in [3.63, 3.8) is 0 Å². The Morgan fingerprint density at radius 2 is 2.07 bits per heavy atom. The molecule has 2 heterocycles. The van der Waals surface area contributed by atoms with Crippen molar-refractivity contribution >= 4 is 17.7 Å². The molecule has 1 atom stereocenters. The highest BCUT2D eigenvalue weighted by atomic mass is 35.5. The Balaban J connectivity index is 1.72.